The van der Waals surface area contributed by atoms with Crippen LogP contribution >= 0.6 is 0 Å². The van der Waals surface area contributed by atoms with Gasteiger partial charge in [-0.25, -0.2) is 4.68 Å². The van der Waals surface area contributed by atoms with E-state index in [0.29, 0.717) is 5.69 Å². The number of aromatic nitrogens is 2. The van der Waals surface area contributed by atoms with Crippen LogP contribution in [-0.2, 0) is 4.79 Å². The lowest BCUT2D eigenvalue weighted by Crippen LogP contribution is -2.04. The van der Waals surface area contributed by atoms with E-state index in [1.165, 1.54) is 6.92 Å². The van der Waals surface area contributed by atoms with Crippen molar-refractivity contribution in [3.05, 3.63) is 66.0 Å². The van der Waals surface area contributed by atoms with E-state index in [1.807, 2.05) is 48.9 Å². The highest BCUT2D eigenvalue weighted by Gasteiger charge is 2.12. The minimum atomic E-state index is -0.103. The molecule has 126 valence electrons. The largest absolute Gasteiger partial charge is 0.326 e. The Labute approximate surface area is 146 Å². The predicted octanol–water partition coefficient (Wildman–Crippen LogP) is 4.86. The fourth-order valence-electron chi connectivity index (χ4n) is 2.52. The molecule has 25 heavy (non-hydrogen) atoms. The molecule has 0 aliphatic rings. The Morgan fingerprint density at radius 1 is 1.00 bits per heavy atom. The lowest BCUT2D eigenvalue weighted by Gasteiger charge is -2.03. The van der Waals surface area contributed by atoms with Crippen molar-refractivity contribution < 1.29 is 4.79 Å². The molecule has 0 unspecified atom stereocenters. The Morgan fingerprint density at radius 2 is 1.68 bits per heavy atom. The fourth-order valence-corrected chi connectivity index (χ4v) is 2.52. The second kappa shape index (κ2) is 7.09. The Balaban J connectivity index is 1.84. The summed E-state index contributed by atoms with van der Waals surface area (Å²) in [6, 6.07) is 17.1. The number of nitrogens with zero attached hydrogens (tertiary/aromatic N) is 4. The first-order valence-corrected chi connectivity index (χ1v) is 7.95. The summed E-state index contributed by atoms with van der Waals surface area (Å²) in [6.45, 7) is 5.37. The van der Waals surface area contributed by atoms with E-state index in [2.05, 4.69) is 20.6 Å². The van der Waals surface area contributed by atoms with Crippen molar-refractivity contribution in [2.45, 2.75) is 20.8 Å². The lowest BCUT2D eigenvalue weighted by molar-refractivity contribution is -0.114. The summed E-state index contributed by atoms with van der Waals surface area (Å²) in [4.78, 5) is 11.0. The van der Waals surface area contributed by atoms with Gasteiger partial charge in [0, 0.05) is 12.6 Å². The van der Waals surface area contributed by atoms with Crippen LogP contribution in [0.5, 0.6) is 0 Å². The summed E-state index contributed by atoms with van der Waals surface area (Å²) in [7, 11) is 0. The van der Waals surface area contributed by atoms with Crippen molar-refractivity contribution in [3.8, 4) is 5.69 Å². The number of para-hydroxylation sites is 1. The number of azo groups is 1. The maximum atomic E-state index is 11.0. The van der Waals surface area contributed by atoms with E-state index in [4.69, 9.17) is 0 Å². The molecule has 3 aromatic rings. The second-order valence-corrected chi connectivity index (χ2v) is 5.69. The number of benzene rings is 2. The predicted molar refractivity (Wildman–Crippen MR) is 98.0 cm³/mol. The normalized spacial score (nSPS) is 11.0. The number of rotatable bonds is 4. The van der Waals surface area contributed by atoms with E-state index in [1.54, 1.807) is 24.3 Å². The van der Waals surface area contributed by atoms with Crippen LogP contribution in [0.3, 0.4) is 0 Å². The maximum Gasteiger partial charge on any atom is 0.221 e. The zero-order valence-corrected chi connectivity index (χ0v) is 14.4. The van der Waals surface area contributed by atoms with Crippen molar-refractivity contribution in [2.24, 2.45) is 10.2 Å². The number of amides is 1. The van der Waals surface area contributed by atoms with Gasteiger partial charge in [0.15, 0.2) is 0 Å². The van der Waals surface area contributed by atoms with Crippen LogP contribution in [0, 0.1) is 13.8 Å². The van der Waals surface area contributed by atoms with Crippen LogP contribution < -0.4 is 5.32 Å². The van der Waals surface area contributed by atoms with Gasteiger partial charge in [0.1, 0.15) is 5.69 Å². The first kappa shape index (κ1) is 16.6. The molecule has 0 aliphatic carbocycles. The highest BCUT2D eigenvalue weighted by Crippen LogP contribution is 2.28. The molecule has 0 atom stereocenters. The number of carbonyl (C=O) groups excluding carboxylic acids is 1. The summed E-state index contributed by atoms with van der Waals surface area (Å²) in [5.41, 5.74) is 4.94. The van der Waals surface area contributed by atoms with E-state index in [9.17, 15) is 4.79 Å². The summed E-state index contributed by atoms with van der Waals surface area (Å²) >= 11 is 0. The van der Waals surface area contributed by atoms with Gasteiger partial charge in [-0.3, -0.25) is 4.79 Å². The van der Waals surface area contributed by atoms with Gasteiger partial charge < -0.3 is 5.32 Å². The first-order chi connectivity index (χ1) is 12.0. The van der Waals surface area contributed by atoms with Crippen LogP contribution in [0.4, 0.5) is 17.1 Å². The lowest BCUT2D eigenvalue weighted by atomic mass is 10.3. The summed E-state index contributed by atoms with van der Waals surface area (Å²) < 4.78 is 1.86. The number of aryl methyl sites for hydroxylation is 1. The molecular formula is C19H19N5O. The summed E-state index contributed by atoms with van der Waals surface area (Å²) in [6.07, 6.45) is 0. The van der Waals surface area contributed by atoms with Gasteiger partial charge in [-0.15, -0.1) is 5.11 Å². The van der Waals surface area contributed by atoms with Gasteiger partial charge in [0.05, 0.1) is 22.8 Å². The third-order valence-electron chi connectivity index (χ3n) is 3.71. The average molecular weight is 333 g/mol. The molecule has 3 rings (SSSR count). The zero-order chi connectivity index (χ0) is 17.8. The van der Waals surface area contributed by atoms with Gasteiger partial charge in [-0.2, -0.15) is 10.2 Å². The zero-order valence-electron chi connectivity index (χ0n) is 14.4. The highest BCUT2D eigenvalue weighted by molar-refractivity contribution is 5.88. The van der Waals surface area contributed by atoms with Crippen LogP contribution in [0.15, 0.2) is 64.8 Å². The molecule has 0 spiro atoms. The fraction of sp³-hybridized carbons (Fsp3) is 0.158. The highest BCUT2D eigenvalue weighted by atomic mass is 16.1. The third kappa shape index (κ3) is 3.80. The molecule has 1 amide bonds. The number of anilines is 1. The van der Waals surface area contributed by atoms with E-state index in [0.717, 1.165) is 28.5 Å². The molecule has 0 saturated heterocycles. The molecule has 1 heterocycles. The van der Waals surface area contributed by atoms with Crippen LogP contribution in [0.2, 0.25) is 0 Å². The molecule has 0 fully saturated rings. The SMILES string of the molecule is CC(=O)Nc1ccc(N=Nc2c(C)nn(-c3ccccc3)c2C)cc1. The number of nitrogens with one attached hydrogen (secondary N) is 1. The van der Waals surface area contributed by atoms with Crippen molar-refractivity contribution in [2.75, 3.05) is 5.32 Å². The second-order valence-electron chi connectivity index (χ2n) is 5.69. The van der Waals surface area contributed by atoms with Gasteiger partial charge in [0.2, 0.25) is 5.91 Å². The summed E-state index contributed by atoms with van der Waals surface area (Å²) in [5.74, 6) is -0.103. The Hall–Kier alpha value is -3.28. The van der Waals surface area contributed by atoms with Gasteiger partial charge in [-0.1, -0.05) is 18.2 Å². The van der Waals surface area contributed by atoms with Crippen molar-refractivity contribution in [1.82, 2.24) is 9.78 Å². The van der Waals surface area contributed by atoms with E-state index < -0.39 is 0 Å². The maximum absolute atomic E-state index is 11.0. The Morgan fingerprint density at radius 3 is 2.32 bits per heavy atom. The smallest absolute Gasteiger partial charge is 0.221 e. The van der Waals surface area contributed by atoms with E-state index >= 15 is 0 Å². The Kier molecular flexibility index (Phi) is 4.70. The van der Waals surface area contributed by atoms with Gasteiger partial charge >= 0.3 is 0 Å². The minimum absolute atomic E-state index is 0.103. The first-order valence-electron chi connectivity index (χ1n) is 7.95. The topological polar surface area (TPSA) is 71.6 Å². The van der Waals surface area contributed by atoms with Crippen LogP contribution in [0.25, 0.3) is 5.69 Å². The molecule has 0 radical (unpaired) electrons. The number of carbonyl (C=O) groups is 1. The van der Waals surface area contributed by atoms with Crippen LogP contribution in [-0.4, -0.2) is 15.7 Å². The number of hydrogen-bond acceptors (Lipinski definition) is 4. The molecule has 0 aliphatic heterocycles. The quantitative estimate of drug-likeness (QED) is 0.692. The van der Waals surface area contributed by atoms with E-state index in [-0.39, 0.29) is 5.91 Å². The van der Waals surface area contributed by atoms with Gasteiger partial charge in [0.25, 0.3) is 0 Å². The molecule has 6 heteroatoms. The standard InChI is InChI=1S/C19H19N5O/c1-13-19(14(2)24(23-13)18-7-5-4-6-8-18)22-21-17-11-9-16(10-12-17)20-15(3)25/h4-12H,1-3H3,(H,20,25). The summed E-state index contributed by atoms with van der Waals surface area (Å²) in [5, 5.41) is 15.9. The molecule has 6 nitrogen and oxygen atoms in total. The molecule has 1 N–H and O–H groups in total. The molecule has 0 bridgehead atoms. The molecular weight excluding hydrogens is 314 g/mol. The molecule has 0 saturated carbocycles. The van der Waals surface area contributed by atoms with Crippen LogP contribution in [0.1, 0.15) is 18.3 Å². The third-order valence-corrected chi connectivity index (χ3v) is 3.71. The number of hydrogen-bond donors (Lipinski definition) is 1. The van der Waals surface area contributed by atoms with Crippen molar-refractivity contribution in [3.63, 3.8) is 0 Å². The average Bonchev–Trinajstić information content (AvgIpc) is 2.89. The molecule has 1 aromatic heterocycles. The van der Waals surface area contributed by atoms with Crippen molar-refractivity contribution in [1.29, 1.82) is 0 Å². The minimum Gasteiger partial charge on any atom is -0.326 e. The molecule has 2 aromatic carbocycles. The monoisotopic (exact) mass is 333 g/mol. The Bertz CT molecular complexity index is 911. The van der Waals surface area contributed by atoms with Gasteiger partial charge in [-0.05, 0) is 50.2 Å². The van der Waals surface area contributed by atoms with Crippen molar-refractivity contribution >= 4 is 23.0 Å².